The first-order valence-electron chi connectivity index (χ1n) is 9.14. The van der Waals surface area contributed by atoms with Gasteiger partial charge in [0, 0.05) is 11.6 Å². The highest BCUT2D eigenvalue weighted by molar-refractivity contribution is 7.09. The molecule has 1 aromatic carbocycles. The molecule has 0 aliphatic rings. The molecule has 0 fully saturated rings. The summed E-state index contributed by atoms with van der Waals surface area (Å²) in [5, 5.41) is 5.84. The highest BCUT2D eigenvalue weighted by Crippen LogP contribution is 2.29. The fourth-order valence-corrected chi connectivity index (χ4v) is 4.47. The van der Waals surface area contributed by atoms with Gasteiger partial charge in [0.1, 0.15) is 16.7 Å². The van der Waals surface area contributed by atoms with E-state index in [1.165, 1.54) is 0 Å². The monoisotopic (exact) mass is 406 g/mol. The maximum atomic E-state index is 12.5. The normalized spacial score (nSPS) is 14.4. The van der Waals surface area contributed by atoms with Gasteiger partial charge < -0.3 is 14.5 Å². The van der Waals surface area contributed by atoms with Crippen LogP contribution < -0.4 is 5.32 Å². The zero-order valence-electron chi connectivity index (χ0n) is 17.0. The van der Waals surface area contributed by atoms with Crippen molar-refractivity contribution in [3.05, 3.63) is 52.5 Å². The summed E-state index contributed by atoms with van der Waals surface area (Å²) in [5.74, 6) is 0. The minimum absolute atomic E-state index is 0.278. The summed E-state index contributed by atoms with van der Waals surface area (Å²) in [5.41, 5.74) is 0.566. The molecule has 1 aromatic heterocycles. The molecular weight excluding hydrogens is 376 g/mol. The predicted molar refractivity (Wildman–Crippen MR) is 113 cm³/mol. The molecule has 7 heteroatoms. The van der Waals surface area contributed by atoms with Gasteiger partial charge in [-0.25, -0.2) is 9.78 Å². The van der Waals surface area contributed by atoms with Crippen LogP contribution in [0.4, 0.5) is 4.79 Å². The zero-order valence-corrected chi connectivity index (χ0v) is 18.8. The summed E-state index contributed by atoms with van der Waals surface area (Å²) < 4.78 is 12.0. The summed E-state index contributed by atoms with van der Waals surface area (Å²) >= 11 is 1.54. The number of benzene rings is 1. The van der Waals surface area contributed by atoms with Gasteiger partial charge in [0.2, 0.25) is 0 Å². The van der Waals surface area contributed by atoms with Crippen molar-refractivity contribution < 1.29 is 14.0 Å². The highest BCUT2D eigenvalue weighted by atomic mass is 32.1. The Bertz CT molecular complexity index is 709. The van der Waals surface area contributed by atoms with Gasteiger partial charge in [-0.2, -0.15) is 0 Å². The number of carbonyl (C=O) groups excluding carboxylic acids is 1. The number of amides is 1. The first kappa shape index (κ1) is 21.6. The Balaban J connectivity index is 2.30. The second-order valence-electron chi connectivity index (χ2n) is 8.46. The molecule has 148 valence electrons. The number of rotatable bonds is 7. The first-order valence-corrected chi connectivity index (χ1v) is 13.4. The van der Waals surface area contributed by atoms with Crippen LogP contribution in [0.1, 0.15) is 37.4 Å². The van der Waals surface area contributed by atoms with Crippen molar-refractivity contribution in [2.24, 2.45) is 0 Å². The third-order valence-corrected chi connectivity index (χ3v) is 5.34. The van der Waals surface area contributed by atoms with Gasteiger partial charge in [-0.1, -0.05) is 30.3 Å². The highest BCUT2D eigenvalue weighted by Gasteiger charge is 2.33. The Morgan fingerprint density at radius 3 is 2.41 bits per heavy atom. The van der Waals surface area contributed by atoms with Gasteiger partial charge >= 0.3 is 6.09 Å². The van der Waals surface area contributed by atoms with Crippen LogP contribution in [0.15, 0.2) is 41.9 Å². The Labute approximate surface area is 167 Å². The summed E-state index contributed by atoms with van der Waals surface area (Å²) in [4.78, 5) is 17.0. The molecule has 0 aliphatic heterocycles. The number of hydrogen-bond donors (Lipinski definition) is 1. The summed E-state index contributed by atoms with van der Waals surface area (Å²) in [6, 6.07) is 9.81. The van der Waals surface area contributed by atoms with Crippen LogP contribution in [0, 0.1) is 0 Å². The fourth-order valence-electron chi connectivity index (χ4n) is 2.62. The molecule has 2 atom stereocenters. The number of aromatic nitrogens is 1. The van der Waals surface area contributed by atoms with Crippen LogP contribution in [0.3, 0.4) is 0 Å². The van der Waals surface area contributed by atoms with Crippen LogP contribution in [0.25, 0.3) is 0 Å². The molecular formula is C20H30N2O3SSi. The molecule has 1 N–H and O–H groups in total. The van der Waals surface area contributed by atoms with Crippen LogP contribution in [-0.2, 0) is 15.6 Å². The number of nitrogens with one attached hydrogen (secondary N) is 1. The molecule has 2 aromatic rings. The van der Waals surface area contributed by atoms with E-state index in [-0.39, 0.29) is 12.1 Å². The minimum Gasteiger partial charge on any atom is -0.444 e. The van der Waals surface area contributed by atoms with Gasteiger partial charge in [-0.15, -0.1) is 11.3 Å². The number of carbonyl (C=O) groups is 1. The number of ether oxygens (including phenoxy) is 1. The third-order valence-electron chi connectivity index (χ3n) is 3.54. The standard InChI is InChI=1S/C20H30N2O3SSi/c1-20(2,3)24-19(23)22-16(14-15-10-8-7-9-11-15)17(25-27(4,5)6)18-21-12-13-26-18/h7-13,16-17H,14H2,1-6H3,(H,22,23)/t16-,17-/m0/s1. The Hall–Kier alpha value is -1.70. The summed E-state index contributed by atoms with van der Waals surface area (Å²) in [7, 11) is -1.88. The number of hydrogen-bond acceptors (Lipinski definition) is 5. The smallest absolute Gasteiger partial charge is 0.407 e. The fraction of sp³-hybridized carbons (Fsp3) is 0.500. The molecule has 0 saturated carbocycles. The third kappa shape index (κ3) is 7.82. The van der Waals surface area contributed by atoms with Crippen molar-refractivity contribution in [3.8, 4) is 0 Å². The number of thiazole rings is 1. The number of nitrogens with zero attached hydrogens (tertiary/aromatic N) is 1. The molecule has 1 heterocycles. The molecule has 0 saturated heterocycles. The molecule has 0 unspecified atom stereocenters. The SMILES string of the molecule is CC(C)(C)OC(=O)N[C@@H](Cc1ccccc1)[C@H](O[Si](C)(C)C)c1nccs1. The van der Waals surface area contributed by atoms with Crippen molar-refractivity contribution in [2.75, 3.05) is 0 Å². The van der Waals surface area contributed by atoms with E-state index in [1.54, 1.807) is 17.5 Å². The van der Waals surface area contributed by atoms with Crippen LogP contribution >= 0.6 is 11.3 Å². The molecule has 0 spiro atoms. The Morgan fingerprint density at radius 1 is 1.22 bits per heavy atom. The van der Waals surface area contributed by atoms with Gasteiger partial charge in [0.05, 0.1) is 6.04 Å². The molecule has 0 bridgehead atoms. The predicted octanol–water partition coefficient (Wildman–Crippen LogP) is 5.17. The number of alkyl carbamates (subject to hydrolysis) is 1. The molecule has 0 radical (unpaired) electrons. The molecule has 1 amide bonds. The lowest BCUT2D eigenvalue weighted by Crippen LogP contribution is -2.46. The molecule has 27 heavy (non-hydrogen) atoms. The van der Waals surface area contributed by atoms with Crippen LogP contribution in [0.2, 0.25) is 19.6 Å². The lowest BCUT2D eigenvalue weighted by molar-refractivity contribution is 0.0437. The van der Waals surface area contributed by atoms with Crippen LogP contribution in [-0.4, -0.2) is 31.0 Å². The van der Waals surface area contributed by atoms with E-state index < -0.39 is 20.0 Å². The van der Waals surface area contributed by atoms with E-state index in [0.717, 1.165) is 10.6 Å². The van der Waals surface area contributed by atoms with E-state index in [0.29, 0.717) is 6.42 Å². The van der Waals surface area contributed by atoms with Crippen LogP contribution in [0.5, 0.6) is 0 Å². The lowest BCUT2D eigenvalue weighted by Gasteiger charge is -2.32. The molecule has 5 nitrogen and oxygen atoms in total. The van der Waals surface area contributed by atoms with Gasteiger partial charge in [0.25, 0.3) is 0 Å². The quantitative estimate of drug-likeness (QED) is 0.644. The summed E-state index contributed by atoms with van der Waals surface area (Å²) in [6.45, 7) is 12.0. The lowest BCUT2D eigenvalue weighted by atomic mass is 10.0. The Morgan fingerprint density at radius 2 is 1.89 bits per heavy atom. The maximum Gasteiger partial charge on any atom is 0.407 e. The van der Waals surface area contributed by atoms with Gasteiger partial charge in [-0.3, -0.25) is 0 Å². The van der Waals surface area contributed by atoms with Crippen molar-refractivity contribution in [3.63, 3.8) is 0 Å². The summed E-state index contributed by atoms with van der Waals surface area (Å²) in [6.07, 6.45) is 1.65. The zero-order chi connectivity index (χ0) is 20.1. The molecule has 0 aliphatic carbocycles. The second kappa shape index (κ2) is 8.99. The van der Waals surface area contributed by atoms with Crippen molar-refractivity contribution in [2.45, 2.75) is 64.6 Å². The largest absolute Gasteiger partial charge is 0.444 e. The average Bonchev–Trinajstić information content (AvgIpc) is 3.04. The Kier molecular flexibility index (Phi) is 7.19. The van der Waals surface area contributed by atoms with E-state index in [4.69, 9.17) is 9.16 Å². The topological polar surface area (TPSA) is 60.5 Å². The van der Waals surface area contributed by atoms with E-state index in [2.05, 4.69) is 42.1 Å². The molecule has 2 rings (SSSR count). The van der Waals surface area contributed by atoms with E-state index in [1.807, 2.05) is 44.4 Å². The maximum absolute atomic E-state index is 12.5. The van der Waals surface area contributed by atoms with Gasteiger partial charge in [-0.05, 0) is 52.4 Å². The van der Waals surface area contributed by atoms with E-state index >= 15 is 0 Å². The van der Waals surface area contributed by atoms with Crippen molar-refractivity contribution in [1.82, 2.24) is 10.3 Å². The second-order valence-corrected chi connectivity index (χ2v) is 13.9. The minimum atomic E-state index is -1.88. The average molecular weight is 407 g/mol. The van der Waals surface area contributed by atoms with Crippen molar-refractivity contribution >= 4 is 25.7 Å². The van der Waals surface area contributed by atoms with Crippen molar-refractivity contribution in [1.29, 1.82) is 0 Å². The van der Waals surface area contributed by atoms with E-state index in [9.17, 15) is 4.79 Å². The van der Waals surface area contributed by atoms with Gasteiger partial charge in [0.15, 0.2) is 8.32 Å². The first-order chi connectivity index (χ1) is 12.5.